The number of aromatic amines is 1. The van der Waals surface area contributed by atoms with Crippen LogP contribution in [-0.2, 0) is 6.54 Å². The van der Waals surface area contributed by atoms with Gasteiger partial charge in [0.05, 0.1) is 5.52 Å². The smallest absolute Gasteiger partial charge is 0.0505 e. The van der Waals surface area contributed by atoms with Gasteiger partial charge in [-0.2, -0.15) is 0 Å². The van der Waals surface area contributed by atoms with E-state index in [2.05, 4.69) is 29.8 Å². The van der Waals surface area contributed by atoms with Gasteiger partial charge in [0.2, 0.25) is 0 Å². The number of aromatic nitrogens is 1. The maximum atomic E-state index is 5.78. The van der Waals surface area contributed by atoms with Crippen LogP contribution in [0.15, 0.2) is 55.2 Å². The van der Waals surface area contributed by atoms with Crippen molar-refractivity contribution in [2.45, 2.75) is 6.54 Å². The molecule has 20 heavy (non-hydrogen) atoms. The predicted molar refractivity (Wildman–Crippen MR) is 84.8 cm³/mol. The van der Waals surface area contributed by atoms with Crippen molar-refractivity contribution >= 4 is 16.6 Å². The molecule has 5 N–H and O–H groups in total. The van der Waals surface area contributed by atoms with Crippen LogP contribution >= 0.6 is 0 Å². The number of fused-ring (bicyclic) bond motifs is 1. The van der Waals surface area contributed by atoms with Gasteiger partial charge in [-0.1, -0.05) is 43.0 Å². The highest BCUT2D eigenvalue weighted by Crippen LogP contribution is 2.31. The van der Waals surface area contributed by atoms with E-state index in [0.29, 0.717) is 12.2 Å². The molecule has 100 valence electrons. The fourth-order valence-corrected chi connectivity index (χ4v) is 2.51. The number of benzene rings is 2. The summed E-state index contributed by atoms with van der Waals surface area (Å²) in [5, 5.41) is 1.17. The van der Waals surface area contributed by atoms with Crippen LogP contribution < -0.4 is 11.5 Å². The monoisotopic (exact) mass is 263 g/mol. The van der Waals surface area contributed by atoms with E-state index in [4.69, 9.17) is 11.5 Å². The quantitative estimate of drug-likeness (QED) is 0.679. The molecule has 3 aromatic rings. The van der Waals surface area contributed by atoms with Gasteiger partial charge in [0.1, 0.15) is 0 Å². The molecule has 3 rings (SSSR count). The molecule has 0 aliphatic heterocycles. The minimum Gasteiger partial charge on any atom is -0.399 e. The van der Waals surface area contributed by atoms with Crippen LogP contribution in [0.4, 0.5) is 0 Å². The zero-order valence-electron chi connectivity index (χ0n) is 11.2. The standard InChI is InChI=1S/C17H17N3/c1-11(19)12-4-2-5-13(8-12)16-10-20-17-14(9-18)6-3-7-15(16)17/h2-8,10,20H,1,9,18-19H2. The fraction of sp³-hybridized carbons (Fsp3) is 0.0588. The molecule has 3 nitrogen and oxygen atoms in total. The molecule has 0 bridgehead atoms. The van der Waals surface area contributed by atoms with Crippen molar-refractivity contribution in [1.82, 2.24) is 4.98 Å². The molecule has 0 atom stereocenters. The van der Waals surface area contributed by atoms with Gasteiger partial charge < -0.3 is 16.5 Å². The molecule has 1 heterocycles. The molecule has 0 fully saturated rings. The normalized spacial score (nSPS) is 10.8. The van der Waals surface area contributed by atoms with Crippen LogP contribution in [0.25, 0.3) is 27.7 Å². The number of nitrogens with one attached hydrogen (secondary N) is 1. The van der Waals surface area contributed by atoms with Gasteiger partial charge in [0.25, 0.3) is 0 Å². The summed E-state index contributed by atoms with van der Waals surface area (Å²) >= 11 is 0. The zero-order valence-corrected chi connectivity index (χ0v) is 11.2. The first-order chi connectivity index (χ1) is 9.70. The fourth-order valence-electron chi connectivity index (χ4n) is 2.51. The molecule has 0 spiro atoms. The molecule has 0 saturated heterocycles. The number of hydrogen-bond donors (Lipinski definition) is 3. The van der Waals surface area contributed by atoms with Crippen molar-refractivity contribution < 1.29 is 0 Å². The van der Waals surface area contributed by atoms with E-state index < -0.39 is 0 Å². The van der Waals surface area contributed by atoms with E-state index in [1.807, 2.05) is 30.5 Å². The second-order valence-electron chi connectivity index (χ2n) is 4.85. The van der Waals surface area contributed by atoms with Crippen molar-refractivity contribution in [3.8, 4) is 11.1 Å². The molecule has 0 unspecified atom stereocenters. The van der Waals surface area contributed by atoms with E-state index in [0.717, 1.165) is 27.8 Å². The summed E-state index contributed by atoms with van der Waals surface area (Å²) in [4.78, 5) is 3.32. The van der Waals surface area contributed by atoms with Crippen LogP contribution in [-0.4, -0.2) is 4.98 Å². The number of nitrogens with two attached hydrogens (primary N) is 2. The first kappa shape index (κ1) is 12.5. The lowest BCUT2D eigenvalue weighted by molar-refractivity contribution is 1.08. The molecule has 0 aliphatic carbocycles. The van der Waals surface area contributed by atoms with E-state index in [-0.39, 0.29) is 0 Å². The highest BCUT2D eigenvalue weighted by molar-refractivity contribution is 5.97. The summed E-state index contributed by atoms with van der Waals surface area (Å²) in [7, 11) is 0. The summed E-state index contributed by atoms with van der Waals surface area (Å²) in [6, 6.07) is 14.3. The topological polar surface area (TPSA) is 67.8 Å². The molecule has 1 aromatic heterocycles. The summed E-state index contributed by atoms with van der Waals surface area (Å²) in [5.41, 5.74) is 17.6. The van der Waals surface area contributed by atoms with Crippen molar-refractivity contribution in [3.63, 3.8) is 0 Å². The van der Waals surface area contributed by atoms with Crippen LogP contribution in [0.2, 0.25) is 0 Å². The molecule has 0 amide bonds. The van der Waals surface area contributed by atoms with Crippen molar-refractivity contribution in [3.05, 3.63) is 66.4 Å². The average Bonchev–Trinajstić information content (AvgIpc) is 2.91. The van der Waals surface area contributed by atoms with Gasteiger partial charge in [-0.05, 0) is 22.8 Å². The van der Waals surface area contributed by atoms with E-state index >= 15 is 0 Å². The highest BCUT2D eigenvalue weighted by Gasteiger charge is 2.09. The van der Waals surface area contributed by atoms with Crippen LogP contribution in [0.5, 0.6) is 0 Å². The lowest BCUT2D eigenvalue weighted by Gasteiger charge is -2.05. The highest BCUT2D eigenvalue weighted by atomic mass is 14.7. The first-order valence-electron chi connectivity index (χ1n) is 6.55. The summed E-state index contributed by atoms with van der Waals surface area (Å²) in [6.45, 7) is 4.32. The first-order valence-corrected chi connectivity index (χ1v) is 6.55. The second kappa shape index (κ2) is 4.87. The molecule has 0 aliphatic rings. The molecule has 0 radical (unpaired) electrons. The van der Waals surface area contributed by atoms with E-state index in [1.54, 1.807) is 0 Å². The second-order valence-corrected chi connectivity index (χ2v) is 4.85. The summed E-state index contributed by atoms with van der Waals surface area (Å²) in [5.74, 6) is 0. The third kappa shape index (κ3) is 1.98. The SMILES string of the molecule is C=C(N)c1cccc(-c2c[nH]c3c(CN)cccc23)c1. The van der Waals surface area contributed by atoms with E-state index in [9.17, 15) is 0 Å². The number of para-hydroxylation sites is 1. The number of H-pyrrole nitrogens is 1. The Morgan fingerprint density at radius 2 is 1.95 bits per heavy atom. The van der Waals surface area contributed by atoms with Crippen LogP contribution in [0.3, 0.4) is 0 Å². The largest absolute Gasteiger partial charge is 0.399 e. The lowest BCUT2D eigenvalue weighted by atomic mass is 10.0. The summed E-state index contributed by atoms with van der Waals surface area (Å²) in [6.07, 6.45) is 2.02. The number of rotatable bonds is 3. The number of hydrogen-bond acceptors (Lipinski definition) is 2. The Balaban J connectivity index is 2.20. The van der Waals surface area contributed by atoms with Gasteiger partial charge in [-0.25, -0.2) is 0 Å². The lowest BCUT2D eigenvalue weighted by Crippen LogP contribution is -1.96. The molecular weight excluding hydrogens is 246 g/mol. The van der Waals surface area contributed by atoms with Crippen LogP contribution in [0, 0.1) is 0 Å². The van der Waals surface area contributed by atoms with E-state index in [1.165, 1.54) is 5.39 Å². The van der Waals surface area contributed by atoms with Crippen molar-refractivity contribution in [2.24, 2.45) is 11.5 Å². The van der Waals surface area contributed by atoms with Gasteiger partial charge in [0.15, 0.2) is 0 Å². The van der Waals surface area contributed by atoms with Gasteiger partial charge >= 0.3 is 0 Å². The minimum absolute atomic E-state index is 0.525. The van der Waals surface area contributed by atoms with Gasteiger partial charge in [-0.15, -0.1) is 0 Å². The van der Waals surface area contributed by atoms with Crippen molar-refractivity contribution in [1.29, 1.82) is 0 Å². The third-order valence-corrected chi connectivity index (χ3v) is 3.57. The third-order valence-electron chi connectivity index (χ3n) is 3.57. The average molecular weight is 263 g/mol. The Morgan fingerprint density at radius 1 is 1.15 bits per heavy atom. The van der Waals surface area contributed by atoms with Gasteiger partial charge in [-0.3, -0.25) is 0 Å². The predicted octanol–water partition coefficient (Wildman–Crippen LogP) is 3.22. The Morgan fingerprint density at radius 3 is 2.70 bits per heavy atom. The molecule has 3 heteroatoms. The Hall–Kier alpha value is -2.52. The Bertz CT molecular complexity index is 784. The van der Waals surface area contributed by atoms with Gasteiger partial charge in [0, 0.05) is 29.4 Å². The molecule has 2 aromatic carbocycles. The minimum atomic E-state index is 0.525. The molecule has 0 saturated carbocycles. The molecular formula is C17H17N3. The zero-order chi connectivity index (χ0) is 14.1. The maximum absolute atomic E-state index is 5.78. The maximum Gasteiger partial charge on any atom is 0.0505 e. The Labute approximate surface area is 117 Å². The van der Waals surface area contributed by atoms with Crippen LogP contribution in [0.1, 0.15) is 11.1 Å². The Kier molecular flexibility index (Phi) is 3.05. The van der Waals surface area contributed by atoms with Crippen molar-refractivity contribution in [2.75, 3.05) is 0 Å². The summed E-state index contributed by atoms with van der Waals surface area (Å²) < 4.78 is 0.